The summed E-state index contributed by atoms with van der Waals surface area (Å²) >= 11 is 24.1. The van der Waals surface area contributed by atoms with E-state index in [2.05, 4.69) is 0 Å². The maximum Gasteiger partial charge on any atom is 0.137 e. The molecule has 0 amide bonds. The van der Waals surface area contributed by atoms with Crippen molar-refractivity contribution >= 4 is 46.4 Å². The fourth-order valence-corrected chi connectivity index (χ4v) is 2.41. The van der Waals surface area contributed by atoms with Gasteiger partial charge in [0.2, 0.25) is 0 Å². The Labute approximate surface area is 118 Å². The Balaban J connectivity index is 2.65. The van der Waals surface area contributed by atoms with Gasteiger partial charge in [-0.1, -0.05) is 46.4 Å². The molecule has 0 bridgehead atoms. The van der Waals surface area contributed by atoms with E-state index in [1.807, 2.05) is 0 Å². The highest BCUT2D eigenvalue weighted by molar-refractivity contribution is 6.50. The molecule has 0 aliphatic heterocycles. The van der Waals surface area contributed by atoms with Crippen molar-refractivity contribution in [1.29, 1.82) is 0 Å². The first-order valence-electron chi connectivity index (χ1n) is 4.66. The molecule has 90 valence electrons. The second kappa shape index (κ2) is 5.09. The van der Waals surface area contributed by atoms with E-state index < -0.39 is 0 Å². The zero-order valence-corrected chi connectivity index (χ0v) is 11.5. The summed E-state index contributed by atoms with van der Waals surface area (Å²) in [6.07, 6.45) is 0. The number of furan rings is 1. The lowest BCUT2D eigenvalue weighted by Crippen LogP contribution is -1.92. The van der Waals surface area contributed by atoms with Crippen LogP contribution in [0.2, 0.25) is 20.1 Å². The van der Waals surface area contributed by atoms with Crippen molar-refractivity contribution in [2.24, 2.45) is 5.73 Å². The minimum atomic E-state index is 0.295. The Hall–Kier alpha value is -0.380. The molecule has 0 saturated heterocycles. The summed E-state index contributed by atoms with van der Waals surface area (Å²) in [5, 5.41) is 1.25. The molecule has 0 atom stereocenters. The summed E-state index contributed by atoms with van der Waals surface area (Å²) in [6, 6.07) is 4.96. The maximum absolute atomic E-state index is 6.09. The highest BCUT2D eigenvalue weighted by atomic mass is 35.5. The number of hydrogen-bond donors (Lipinski definition) is 1. The predicted molar refractivity (Wildman–Crippen MR) is 72.1 cm³/mol. The van der Waals surface area contributed by atoms with Gasteiger partial charge in [0.15, 0.2) is 0 Å². The number of halogens is 4. The number of rotatable bonds is 2. The van der Waals surface area contributed by atoms with E-state index >= 15 is 0 Å². The van der Waals surface area contributed by atoms with E-state index in [1.54, 1.807) is 12.1 Å². The smallest absolute Gasteiger partial charge is 0.137 e. The van der Waals surface area contributed by atoms with Crippen molar-refractivity contribution < 1.29 is 4.42 Å². The molecule has 1 aromatic heterocycles. The molecule has 2 rings (SSSR count). The molecule has 2 N–H and O–H groups in total. The highest BCUT2D eigenvalue weighted by Gasteiger charge is 2.18. The number of hydrogen-bond acceptors (Lipinski definition) is 2. The van der Waals surface area contributed by atoms with Crippen molar-refractivity contribution in [2.45, 2.75) is 6.54 Å². The van der Waals surface area contributed by atoms with Gasteiger partial charge in [0.25, 0.3) is 0 Å². The van der Waals surface area contributed by atoms with Gasteiger partial charge < -0.3 is 10.2 Å². The van der Waals surface area contributed by atoms with Crippen LogP contribution in [0.5, 0.6) is 0 Å². The zero-order valence-electron chi connectivity index (χ0n) is 8.44. The van der Waals surface area contributed by atoms with Gasteiger partial charge in [0.1, 0.15) is 11.5 Å². The molecule has 0 spiro atoms. The van der Waals surface area contributed by atoms with Crippen LogP contribution in [0.4, 0.5) is 0 Å². The van der Waals surface area contributed by atoms with Crippen molar-refractivity contribution in [1.82, 2.24) is 0 Å². The SMILES string of the molecule is NCc1ccc(-c2c(Cl)c(Cl)cc(Cl)c2Cl)o1. The van der Waals surface area contributed by atoms with E-state index in [0.717, 1.165) is 0 Å². The van der Waals surface area contributed by atoms with Gasteiger partial charge >= 0.3 is 0 Å². The van der Waals surface area contributed by atoms with E-state index in [0.29, 0.717) is 43.7 Å². The maximum atomic E-state index is 6.09. The zero-order chi connectivity index (χ0) is 12.6. The van der Waals surface area contributed by atoms with Crippen LogP contribution in [-0.4, -0.2) is 0 Å². The van der Waals surface area contributed by atoms with Gasteiger partial charge in [-0.2, -0.15) is 0 Å². The van der Waals surface area contributed by atoms with Gasteiger partial charge in [0.05, 0.1) is 32.2 Å². The summed E-state index contributed by atoms with van der Waals surface area (Å²) in [7, 11) is 0. The molecule has 0 aliphatic carbocycles. The van der Waals surface area contributed by atoms with Crippen LogP contribution in [0.1, 0.15) is 5.76 Å². The minimum absolute atomic E-state index is 0.295. The molecular weight excluding hydrogens is 304 g/mol. The number of benzene rings is 1. The Morgan fingerprint density at radius 2 is 1.59 bits per heavy atom. The lowest BCUT2D eigenvalue weighted by molar-refractivity contribution is 0.525. The van der Waals surface area contributed by atoms with E-state index in [-0.39, 0.29) is 0 Å². The third kappa shape index (κ3) is 2.42. The summed E-state index contributed by atoms with van der Waals surface area (Å²) in [4.78, 5) is 0. The monoisotopic (exact) mass is 309 g/mol. The fraction of sp³-hybridized carbons (Fsp3) is 0.0909. The first-order valence-corrected chi connectivity index (χ1v) is 6.18. The second-order valence-electron chi connectivity index (χ2n) is 3.31. The van der Waals surface area contributed by atoms with Crippen LogP contribution < -0.4 is 5.73 Å². The standard InChI is InChI=1S/C11H7Cl4NO/c12-6-3-7(13)11(15)9(10(6)14)8-2-1-5(4-16)17-8/h1-3H,4,16H2. The van der Waals surface area contributed by atoms with Gasteiger partial charge in [-0.05, 0) is 18.2 Å². The minimum Gasteiger partial charge on any atom is -0.460 e. The third-order valence-corrected chi connectivity index (χ3v) is 3.80. The highest BCUT2D eigenvalue weighted by Crippen LogP contribution is 2.43. The van der Waals surface area contributed by atoms with Crippen molar-refractivity contribution in [2.75, 3.05) is 0 Å². The Bertz CT molecular complexity index is 539. The molecule has 0 saturated carbocycles. The summed E-state index contributed by atoms with van der Waals surface area (Å²) in [5.41, 5.74) is 5.94. The molecule has 17 heavy (non-hydrogen) atoms. The topological polar surface area (TPSA) is 39.2 Å². The molecule has 0 radical (unpaired) electrons. The van der Waals surface area contributed by atoms with Gasteiger partial charge in [-0.25, -0.2) is 0 Å². The summed E-state index contributed by atoms with van der Waals surface area (Å²) < 4.78 is 5.48. The first-order chi connectivity index (χ1) is 8.04. The quantitative estimate of drug-likeness (QED) is 0.791. The molecule has 1 heterocycles. The van der Waals surface area contributed by atoms with Crippen LogP contribution in [0.25, 0.3) is 11.3 Å². The Morgan fingerprint density at radius 3 is 2.06 bits per heavy atom. The van der Waals surface area contributed by atoms with E-state index in [4.69, 9.17) is 56.6 Å². The second-order valence-corrected chi connectivity index (χ2v) is 4.88. The van der Waals surface area contributed by atoms with E-state index in [1.165, 1.54) is 6.07 Å². The predicted octanol–water partition coefficient (Wildman–Crippen LogP) is 5.02. The lowest BCUT2D eigenvalue weighted by Gasteiger charge is -2.07. The molecule has 2 nitrogen and oxygen atoms in total. The Kier molecular flexibility index (Phi) is 3.91. The molecule has 1 aromatic carbocycles. The average Bonchev–Trinajstić information content (AvgIpc) is 2.75. The van der Waals surface area contributed by atoms with E-state index in [9.17, 15) is 0 Å². The summed E-state index contributed by atoms with van der Waals surface area (Å²) in [5.74, 6) is 1.12. The largest absolute Gasteiger partial charge is 0.460 e. The van der Waals surface area contributed by atoms with Gasteiger partial charge in [0, 0.05) is 0 Å². The van der Waals surface area contributed by atoms with Gasteiger partial charge in [-0.3, -0.25) is 0 Å². The molecule has 0 unspecified atom stereocenters. The van der Waals surface area contributed by atoms with Gasteiger partial charge in [-0.15, -0.1) is 0 Å². The molecule has 0 aliphatic rings. The van der Waals surface area contributed by atoms with Crippen molar-refractivity contribution in [3.63, 3.8) is 0 Å². The van der Waals surface area contributed by atoms with Crippen LogP contribution in [0, 0.1) is 0 Å². The molecule has 2 aromatic rings. The van der Waals surface area contributed by atoms with Crippen molar-refractivity contribution in [3.8, 4) is 11.3 Å². The first kappa shape index (κ1) is 13.1. The molecule has 0 fully saturated rings. The fourth-order valence-electron chi connectivity index (χ4n) is 1.41. The number of nitrogens with two attached hydrogens (primary N) is 1. The lowest BCUT2D eigenvalue weighted by atomic mass is 10.1. The van der Waals surface area contributed by atoms with Crippen molar-refractivity contribution in [3.05, 3.63) is 44.0 Å². The van der Waals surface area contributed by atoms with Crippen LogP contribution in [0.15, 0.2) is 22.6 Å². The Morgan fingerprint density at radius 1 is 1.00 bits per heavy atom. The summed E-state index contributed by atoms with van der Waals surface area (Å²) in [6.45, 7) is 0.295. The van der Waals surface area contributed by atoms with Crippen LogP contribution >= 0.6 is 46.4 Å². The molecular formula is C11H7Cl4NO. The molecule has 6 heteroatoms. The van der Waals surface area contributed by atoms with Crippen LogP contribution in [-0.2, 0) is 6.54 Å². The third-order valence-electron chi connectivity index (χ3n) is 2.22. The normalized spacial score (nSPS) is 10.9. The average molecular weight is 311 g/mol. The van der Waals surface area contributed by atoms with Crippen LogP contribution in [0.3, 0.4) is 0 Å².